The number of carbonyl (C=O) groups is 3. The highest BCUT2D eigenvalue weighted by molar-refractivity contribution is 6.07. The molecule has 0 aromatic heterocycles. The highest BCUT2D eigenvalue weighted by atomic mass is 35.5. The minimum Gasteiger partial charge on any atom is -0.381 e. The number of hydrogen-bond acceptors (Lipinski definition) is 5. The molecule has 11 heteroatoms. The number of piperidine rings is 1. The largest absolute Gasteiger partial charge is 0.381 e. The molecule has 1 aromatic carbocycles. The number of urea groups is 1. The first kappa shape index (κ1) is 33.1. The van der Waals surface area contributed by atoms with Crippen molar-refractivity contribution >= 4 is 30.3 Å². The second-order valence-corrected chi connectivity index (χ2v) is 13.8. The molecule has 2 bridgehead atoms. The highest BCUT2D eigenvalue weighted by Gasteiger charge is 2.63. The molecule has 5 aliphatic rings. The summed E-state index contributed by atoms with van der Waals surface area (Å²) in [7, 11) is 0. The maximum absolute atomic E-state index is 14.1. The highest BCUT2D eigenvalue weighted by Crippen LogP contribution is 2.48. The average molecular weight is 637 g/mol. The van der Waals surface area contributed by atoms with Gasteiger partial charge in [-0.15, -0.1) is 12.4 Å². The number of hydrogen-bond donors (Lipinski definition) is 1. The molecule has 1 saturated carbocycles. The van der Waals surface area contributed by atoms with Crippen LogP contribution in [0.3, 0.4) is 0 Å². The second-order valence-electron chi connectivity index (χ2n) is 13.8. The first-order chi connectivity index (χ1) is 20.6. The number of nitrogens with one attached hydrogen (secondary N) is 1. The van der Waals surface area contributed by atoms with Crippen LogP contribution in [0.15, 0.2) is 30.3 Å². The number of halogens is 3. The fourth-order valence-corrected chi connectivity index (χ4v) is 8.55. The molecule has 0 radical (unpaired) electrons. The Morgan fingerprint density at radius 3 is 2.27 bits per heavy atom. The number of ether oxygens (including phenoxy) is 1. The predicted octanol–water partition coefficient (Wildman–Crippen LogP) is 5.56. The Labute approximate surface area is 265 Å². The van der Waals surface area contributed by atoms with Gasteiger partial charge in [0, 0.05) is 62.5 Å². The van der Waals surface area contributed by atoms with Crippen LogP contribution in [0.25, 0.3) is 0 Å². The van der Waals surface area contributed by atoms with Gasteiger partial charge in [0.1, 0.15) is 5.54 Å². The molecule has 44 heavy (non-hydrogen) atoms. The molecule has 1 spiro atoms. The van der Waals surface area contributed by atoms with E-state index in [2.05, 4.69) is 10.2 Å². The molecule has 4 aliphatic heterocycles. The van der Waals surface area contributed by atoms with Gasteiger partial charge in [0.25, 0.3) is 5.91 Å². The Kier molecular flexibility index (Phi) is 9.93. The third-order valence-corrected chi connectivity index (χ3v) is 10.7. The zero-order chi connectivity index (χ0) is 30.4. The topological polar surface area (TPSA) is 82.2 Å². The van der Waals surface area contributed by atoms with Crippen LogP contribution in [-0.4, -0.2) is 88.4 Å². The lowest BCUT2D eigenvalue weighted by Gasteiger charge is -2.48. The molecular weight excluding hydrogens is 590 g/mol. The Morgan fingerprint density at radius 1 is 1.02 bits per heavy atom. The van der Waals surface area contributed by atoms with Crippen molar-refractivity contribution in [2.24, 2.45) is 11.8 Å². The number of nitrogens with zero attached hydrogens (tertiary/aromatic N) is 3. The zero-order valence-electron chi connectivity index (χ0n) is 25.9. The van der Waals surface area contributed by atoms with E-state index in [0.29, 0.717) is 39.0 Å². The Bertz CT molecular complexity index is 1170. The summed E-state index contributed by atoms with van der Waals surface area (Å²) in [6, 6.07) is 9.76. The Morgan fingerprint density at radius 2 is 1.68 bits per heavy atom. The molecular formula is C33H47ClF2N4O4. The third kappa shape index (κ3) is 6.36. The maximum Gasteiger partial charge on any atom is 0.327 e. The Balaban J connectivity index is 0.00000384. The van der Waals surface area contributed by atoms with Gasteiger partial charge in [-0.2, -0.15) is 0 Å². The van der Waals surface area contributed by atoms with Gasteiger partial charge >= 0.3 is 6.03 Å². The lowest BCUT2D eigenvalue weighted by atomic mass is 9.80. The van der Waals surface area contributed by atoms with E-state index in [1.54, 1.807) is 0 Å². The summed E-state index contributed by atoms with van der Waals surface area (Å²) in [6.45, 7) is 6.46. The molecule has 1 aliphatic carbocycles. The standard InChI is InChI=1S/C33H46F2N4O4.ClH/c1-22(2)39-31(42)38(20-23-13-17-43-21-23)30(41)32(39)18-26-8-9-27(19-32)37(26)16-12-28(24-6-4-3-5-7-24)36-29(40)25-10-14-33(34,35)15-11-25;/h3-7,22-23,25-28H,8-21H2,1-2H3,(H,36,40);1H/t23?,26?,27?,28-,32?;/m0./s1. The van der Waals surface area contributed by atoms with Crippen molar-refractivity contribution in [2.75, 3.05) is 26.3 Å². The number of imide groups is 1. The summed E-state index contributed by atoms with van der Waals surface area (Å²) in [5, 5.41) is 3.21. The number of carbonyl (C=O) groups excluding carboxylic acids is 3. The number of amides is 4. The average Bonchev–Trinajstić information content (AvgIpc) is 3.63. The SMILES string of the molecule is CC(C)N1C(=O)N(CC2CCOC2)C(=O)C12CC1CCC(C2)N1CC[C@H](NC(=O)C1CCC(F)(F)CC1)c1ccccc1.Cl. The summed E-state index contributed by atoms with van der Waals surface area (Å²) in [5.74, 6) is -3.03. The van der Waals surface area contributed by atoms with Crippen LogP contribution in [-0.2, 0) is 14.3 Å². The molecule has 5 fully saturated rings. The molecule has 3 unspecified atom stereocenters. The van der Waals surface area contributed by atoms with Gasteiger partial charge < -0.3 is 15.0 Å². The lowest BCUT2D eigenvalue weighted by Crippen LogP contribution is -2.61. The summed E-state index contributed by atoms with van der Waals surface area (Å²) in [4.78, 5) is 46.9. The fourth-order valence-electron chi connectivity index (χ4n) is 8.55. The number of benzene rings is 1. The minimum absolute atomic E-state index is 0. The van der Waals surface area contributed by atoms with E-state index in [-0.39, 0.29) is 91.9 Å². The summed E-state index contributed by atoms with van der Waals surface area (Å²) in [6.07, 6.45) is 4.73. The van der Waals surface area contributed by atoms with Crippen LogP contribution in [0.4, 0.5) is 13.6 Å². The van der Waals surface area contributed by atoms with Crippen LogP contribution >= 0.6 is 12.4 Å². The van der Waals surface area contributed by atoms with E-state index in [1.165, 1.54) is 4.90 Å². The van der Waals surface area contributed by atoms with Crippen LogP contribution < -0.4 is 5.32 Å². The molecule has 1 aromatic rings. The van der Waals surface area contributed by atoms with Crippen molar-refractivity contribution in [3.8, 4) is 0 Å². The van der Waals surface area contributed by atoms with Crippen LogP contribution in [0.1, 0.15) is 89.7 Å². The maximum atomic E-state index is 14.1. The van der Waals surface area contributed by atoms with Gasteiger partial charge in [0.05, 0.1) is 12.6 Å². The van der Waals surface area contributed by atoms with Gasteiger partial charge in [0.15, 0.2) is 0 Å². The van der Waals surface area contributed by atoms with Crippen molar-refractivity contribution in [3.05, 3.63) is 35.9 Å². The summed E-state index contributed by atoms with van der Waals surface area (Å²) < 4.78 is 33.0. The number of fused-ring (bicyclic) bond motifs is 2. The van der Waals surface area contributed by atoms with E-state index in [0.717, 1.165) is 31.4 Å². The first-order valence-electron chi connectivity index (χ1n) is 16.3. The van der Waals surface area contributed by atoms with Crippen molar-refractivity contribution < 1.29 is 27.9 Å². The van der Waals surface area contributed by atoms with Crippen LogP contribution in [0, 0.1) is 11.8 Å². The van der Waals surface area contributed by atoms with Gasteiger partial charge in [-0.25, -0.2) is 13.6 Å². The van der Waals surface area contributed by atoms with E-state index in [4.69, 9.17) is 4.74 Å². The van der Waals surface area contributed by atoms with E-state index < -0.39 is 11.5 Å². The van der Waals surface area contributed by atoms with E-state index >= 15 is 0 Å². The molecule has 4 atom stereocenters. The number of alkyl halides is 2. The lowest BCUT2D eigenvalue weighted by molar-refractivity contribution is -0.138. The van der Waals surface area contributed by atoms with Crippen molar-refractivity contribution in [1.29, 1.82) is 0 Å². The summed E-state index contributed by atoms with van der Waals surface area (Å²) >= 11 is 0. The van der Waals surface area contributed by atoms with Gasteiger partial charge in [0.2, 0.25) is 11.8 Å². The van der Waals surface area contributed by atoms with Gasteiger partial charge in [-0.3, -0.25) is 19.4 Å². The zero-order valence-corrected chi connectivity index (χ0v) is 26.7. The van der Waals surface area contributed by atoms with Gasteiger partial charge in [-0.1, -0.05) is 30.3 Å². The predicted molar refractivity (Wildman–Crippen MR) is 165 cm³/mol. The number of rotatable bonds is 9. The molecule has 1 N–H and O–H groups in total. The van der Waals surface area contributed by atoms with E-state index in [1.807, 2.05) is 49.1 Å². The molecule has 8 nitrogen and oxygen atoms in total. The van der Waals surface area contributed by atoms with Crippen molar-refractivity contribution in [1.82, 2.24) is 20.0 Å². The van der Waals surface area contributed by atoms with Crippen LogP contribution in [0.2, 0.25) is 0 Å². The van der Waals surface area contributed by atoms with E-state index in [9.17, 15) is 23.2 Å². The van der Waals surface area contributed by atoms with Crippen molar-refractivity contribution in [3.63, 3.8) is 0 Å². The first-order valence-corrected chi connectivity index (χ1v) is 16.3. The fraction of sp³-hybridized carbons (Fsp3) is 0.727. The van der Waals surface area contributed by atoms with Gasteiger partial charge in [-0.05, 0) is 70.8 Å². The minimum atomic E-state index is -2.67. The van der Waals surface area contributed by atoms with Crippen molar-refractivity contribution in [2.45, 2.75) is 114 Å². The van der Waals surface area contributed by atoms with Crippen LogP contribution in [0.5, 0.6) is 0 Å². The normalized spacial score (nSPS) is 31.2. The smallest absolute Gasteiger partial charge is 0.327 e. The third-order valence-electron chi connectivity index (χ3n) is 10.7. The monoisotopic (exact) mass is 636 g/mol. The summed E-state index contributed by atoms with van der Waals surface area (Å²) in [5.41, 5.74) is 0.204. The molecule has 4 heterocycles. The molecule has 244 valence electrons. The Hall–Kier alpha value is -2.30. The second kappa shape index (κ2) is 13.2. The molecule has 4 amide bonds. The molecule has 4 saturated heterocycles. The quantitative estimate of drug-likeness (QED) is 0.359. The molecule has 6 rings (SSSR count).